The summed E-state index contributed by atoms with van der Waals surface area (Å²) in [5.74, 6) is -0.801. The molecule has 1 aromatic heterocycles. The molecular formula is C9H10BrF3N2O. The van der Waals surface area contributed by atoms with E-state index in [1.165, 1.54) is 6.20 Å². The molecule has 16 heavy (non-hydrogen) atoms. The van der Waals surface area contributed by atoms with Gasteiger partial charge in [-0.05, 0) is 22.0 Å². The molecule has 0 aliphatic heterocycles. The van der Waals surface area contributed by atoms with Crippen molar-refractivity contribution in [2.75, 3.05) is 13.2 Å². The number of halogens is 4. The molecule has 0 amide bonds. The lowest BCUT2D eigenvalue weighted by atomic mass is 10.0. The normalized spacial score (nSPS) is 13.9. The van der Waals surface area contributed by atoms with E-state index in [1.807, 2.05) is 0 Å². The van der Waals surface area contributed by atoms with Crippen LogP contribution in [0.1, 0.15) is 17.2 Å². The second-order valence-electron chi connectivity index (χ2n) is 3.20. The molecule has 0 fully saturated rings. The summed E-state index contributed by atoms with van der Waals surface area (Å²) in [7, 11) is 0. The van der Waals surface area contributed by atoms with Gasteiger partial charge in [0.15, 0.2) is 0 Å². The van der Waals surface area contributed by atoms with Crippen molar-refractivity contribution in [3.8, 4) is 0 Å². The highest BCUT2D eigenvalue weighted by Crippen LogP contribution is 2.35. The highest BCUT2D eigenvalue weighted by Gasteiger charge is 2.36. The van der Waals surface area contributed by atoms with Crippen LogP contribution < -0.4 is 5.73 Å². The maximum absolute atomic E-state index is 12.7. The van der Waals surface area contributed by atoms with Crippen LogP contribution in [0, 0.1) is 0 Å². The number of aliphatic hydroxyl groups excluding tert-OH is 1. The first-order valence-corrected chi connectivity index (χ1v) is 5.23. The number of rotatable bonds is 3. The van der Waals surface area contributed by atoms with E-state index in [0.29, 0.717) is 0 Å². The van der Waals surface area contributed by atoms with E-state index < -0.39 is 24.3 Å². The van der Waals surface area contributed by atoms with E-state index in [-0.39, 0.29) is 16.7 Å². The van der Waals surface area contributed by atoms with Gasteiger partial charge < -0.3 is 10.8 Å². The number of nitrogens with zero attached hydrogens (tertiary/aromatic N) is 1. The van der Waals surface area contributed by atoms with Crippen molar-refractivity contribution < 1.29 is 18.3 Å². The lowest BCUT2D eigenvalue weighted by Crippen LogP contribution is -2.22. The number of alkyl halides is 3. The van der Waals surface area contributed by atoms with Gasteiger partial charge in [-0.25, -0.2) is 0 Å². The number of nitrogens with two attached hydrogens (primary N) is 1. The Morgan fingerprint density at radius 3 is 2.56 bits per heavy atom. The molecule has 0 saturated heterocycles. The minimum absolute atomic E-state index is 0.0891. The Morgan fingerprint density at radius 1 is 1.50 bits per heavy atom. The van der Waals surface area contributed by atoms with Crippen LogP contribution in [-0.2, 0) is 6.18 Å². The molecule has 0 saturated carbocycles. The fourth-order valence-corrected chi connectivity index (χ4v) is 1.61. The summed E-state index contributed by atoms with van der Waals surface area (Å²) in [5.41, 5.74) is 4.20. The molecule has 3 nitrogen and oxygen atoms in total. The third kappa shape index (κ3) is 2.93. The predicted molar refractivity (Wildman–Crippen MR) is 55.8 cm³/mol. The summed E-state index contributed by atoms with van der Waals surface area (Å²) < 4.78 is 38.3. The van der Waals surface area contributed by atoms with Crippen LogP contribution in [0.4, 0.5) is 13.2 Å². The maximum atomic E-state index is 12.7. The highest BCUT2D eigenvalue weighted by molar-refractivity contribution is 9.10. The SMILES string of the molecule is NCC(CO)c1ncc(Br)cc1C(F)(F)F. The Balaban J connectivity index is 3.27. The fourth-order valence-electron chi connectivity index (χ4n) is 1.27. The largest absolute Gasteiger partial charge is 0.418 e. The van der Waals surface area contributed by atoms with Gasteiger partial charge in [0.05, 0.1) is 17.9 Å². The van der Waals surface area contributed by atoms with E-state index in [2.05, 4.69) is 20.9 Å². The van der Waals surface area contributed by atoms with Crippen molar-refractivity contribution in [3.63, 3.8) is 0 Å². The molecule has 1 atom stereocenters. The van der Waals surface area contributed by atoms with Crippen molar-refractivity contribution in [3.05, 3.63) is 28.0 Å². The average molecular weight is 299 g/mol. The van der Waals surface area contributed by atoms with Crippen molar-refractivity contribution >= 4 is 15.9 Å². The van der Waals surface area contributed by atoms with E-state index in [1.54, 1.807) is 0 Å². The third-order valence-corrected chi connectivity index (χ3v) is 2.52. The van der Waals surface area contributed by atoms with E-state index in [4.69, 9.17) is 10.8 Å². The second kappa shape index (κ2) is 5.11. The van der Waals surface area contributed by atoms with Crippen LogP contribution in [0.2, 0.25) is 0 Å². The first-order valence-electron chi connectivity index (χ1n) is 4.43. The molecule has 0 aromatic carbocycles. The van der Waals surface area contributed by atoms with E-state index in [0.717, 1.165) is 6.07 Å². The molecule has 1 aromatic rings. The number of pyridine rings is 1. The summed E-state index contributed by atoms with van der Waals surface area (Å²) in [6.45, 7) is -0.553. The zero-order chi connectivity index (χ0) is 12.3. The Hall–Kier alpha value is -0.660. The van der Waals surface area contributed by atoms with Crippen molar-refractivity contribution in [1.29, 1.82) is 0 Å². The topological polar surface area (TPSA) is 59.1 Å². The summed E-state index contributed by atoms with van der Waals surface area (Å²) in [6.07, 6.45) is -3.25. The smallest absolute Gasteiger partial charge is 0.396 e. The molecule has 1 rings (SSSR count). The van der Waals surface area contributed by atoms with Crippen LogP contribution in [0.5, 0.6) is 0 Å². The second-order valence-corrected chi connectivity index (χ2v) is 4.11. The van der Waals surface area contributed by atoms with Crippen molar-refractivity contribution in [2.45, 2.75) is 12.1 Å². The first kappa shape index (κ1) is 13.4. The Morgan fingerprint density at radius 2 is 2.12 bits per heavy atom. The van der Waals surface area contributed by atoms with Crippen molar-refractivity contribution in [2.24, 2.45) is 5.73 Å². The lowest BCUT2D eigenvalue weighted by molar-refractivity contribution is -0.138. The first-order chi connectivity index (χ1) is 7.40. The molecular weight excluding hydrogens is 289 g/mol. The maximum Gasteiger partial charge on any atom is 0.418 e. The third-order valence-electron chi connectivity index (χ3n) is 2.08. The van der Waals surface area contributed by atoms with Crippen LogP contribution in [0.15, 0.2) is 16.7 Å². The van der Waals surface area contributed by atoms with Crippen LogP contribution in [-0.4, -0.2) is 23.2 Å². The van der Waals surface area contributed by atoms with Gasteiger partial charge in [0.1, 0.15) is 0 Å². The number of hydrogen-bond acceptors (Lipinski definition) is 3. The zero-order valence-corrected chi connectivity index (χ0v) is 9.72. The summed E-state index contributed by atoms with van der Waals surface area (Å²) in [5, 5.41) is 8.94. The summed E-state index contributed by atoms with van der Waals surface area (Å²) in [4.78, 5) is 3.68. The molecule has 90 valence electrons. The molecule has 3 N–H and O–H groups in total. The van der Waals surface area contributed by atoms with E-state index >= 15 is 0 Å². The van der Waals surface area contributed by atoms with Crippen LogP contribution in [0.3, 0.4) is 0 Å². The molecule has 7 heteroatoms. The van der Waals surface area contributed by atoms with Gasteiger partial charge in [-0.1, -0.05) is 0 Å². The van der Waals surface area contributed by atoms with Crippen LogP contribution in [0.25, 0.3) is 0 Å². The molecule has 0 aliphatic carbocycles. The minimum Gasteiger partial charge on any atom is -0.396 e. The molecule has 0 spiro atoms. The molecule has 1 unspecified atom stereocenters. The van der Waals surface area contributed by atoms with Gasteiger partial charge in [-0.15, -0.1) is 0 Å². The molecule has 0 bridgehead atoms. The van der Waals surface area contributed by atoms with Gasteiger partial charge in [0.2, 0.25) is 0 Å². The molecule has 0 aliphatic rings. The van der Waals surface area contributed by atoms with Gasteiger partial charge in [0, 0.05) is 23.1 Å². The number of hydrogen-bond donors (Lipinski definition) is 2. The Kier molecular flexibility index (Phi) is 4.28. The number of aliphatic hydroxyl groups is 1. The van der Waals surface area contributed by atoms with Gasteiger partial charge in [-0.2, -0.15) is 13.2 Å². The van der Waals surface area contributed by atoms with Gasteiger partial charge in [-0.3, -0.25) is 4.98 Å². The lowest BCUT2D eigenvalue weighted by Gasteiger charge is -2.17. The zero-order valence-electron chi connectivity index (χ0n) is 8.13. The van der Waals surface area contributed by atoms with E-state index in [9.17, 15) is 13.2 Å². The summed E-state index contributed by atoms with van der Waals surface area (Å²) >= 11 is 2.93. The van der Waals surface area contributed by atoms with Crippen molar-refractivity contribution in [1.82, 2.24) is 4.98 Å². The standard InChI is InChI=1S/C9H10BrF3N2O/c10-6-1-7(9(11,12)13)8(15-3-6)5(2-14)4-16/h1,3,5,16H,2,4,14H2. The highest BCUT2D eigenvalue weighted by atomic mass is 79.9. The number of aromatic nitrogens is 1. The molecule has 0 radical (unpaired) electrons. The fraction of sp³-hybridized carbons (Fsp3) is 0.444. The molecule has 1 heterocycles. The van der Waals surface area contributed by atoms with Gasteiger partial charge >= 0.3 is 6.18 Å². The average Bonchev–Trinajstić information content (AvgIpc) is 2.20. The quantitative estimate of drug-likeness (QED) is 0.896. The van der Waals surface area contributed by atoms with Crippen LogP contribution >= 0.6 is 15.9 Å². The predicted octanol–water partition coefficient (Wildman–Crippen LogP) is 1.90. The Labute approximate surface area is 98.6 Å². The monoisotopic (exact) mass is 298 g/mol. The summed E-state index contributed by atoms with van der Waals surface area (Å²) in [6, 6.07) is 0.931. The minimum atomic E-state index is -4.51. The Bertz CT molecular complexity index is 366. The van der Waals surface area contributed by atoms with Gasteiger partial charge in [0.25, 0.3) is 0 Å².